The Morgan fingerprint density at radius 3 is 2.17 bits per heavy atom. The molecule has 0 aromatic rings. The maximum atomic E-state index is 12.1. The molecule has 0 spiro atoms. The first-order valence-electron chi connectivity index (χ1n) is 8.60. The Morgan fingerprint density at radius 1 is 0.957 bits per heavy atom. The number of hydrogen-bond donors (Lipinski definition) is 2. The van der Waals surface area contributed by atoms with Crippen LogP contribution in [0.2, 0.25) is 0 Å². The molecule has 2 N–H and O–H groups in total. The molecule has 23 heavy (non-hydrogen) atoms. The number of piperazine rings is 1. The van der Waals surface area contributed by atoms with Gasteiger partial charge in [0.15, 0.2) is 0 Å². The molecule has 0 aromatic carbocycles. The molecular formula is C16H26N4O3. The second-order valence-electron chi connectivity index (χ2n) is 6.96. The molecule has 2 saturated carbocycles. The second kappa shape index (κ2) is 6.76. The third-order valence-corrected chi connectivity index (χ3v) is 5.28. The van der Waals surface area contributed by atoms with Gasteiger partial charge in [0, 0.05) is 52.1 Å². The van der Waals surface area contributed by atoms with Gasteiger partial charge >= 0.3 is 6.03 Å². The summed E-state index contributed by atoms with van der Waals surface area (Å²) in [6.07, 6.45) is 3.86. The van der Waals surface area contributed by atoms with Gasteiger partial charge in [0.1, 0.15) is 0 Å². The summed E-state index contributed by atoms with van der Waals surface area (Å²) in [5.74, 6) is 1.78. The summed E-state index contributed by atoms with van der Waals surface area (Å²) in [5.41, 5.74) is 0. The summed E-state index contributed by atoms with van der Waals surface area (Å²) < 4.78 is 0. The zero-order chi connectivity index (χ0) is 16.4. The molecule has 2 unspecified atom stereocenters. The fourth-order valence-electron chi connectivity index (χ4n) is 3.78. The third-order valence-electron chi connectivity index (χ3n) is 5.28. The number of urea groups is 1. The van der Waals surface area contributed by atoms with Crippen LogP contribution < -0.4 is 10.6 Å². The van der Waals surface area contributed by atoms with Crippen molar-refractivity contribution >= 4 is 17.8 Å². The highest BCUT2D eigenvalue weighted by atomic mass is 16.2. The lowest BCUT2D eigenvalue weighted by molar-refractivity contribution is -0.138. The predicted octanol–water partition coefficient (Wildman–Crippen LogP) is 0.165. The van der Waals surface area contributed by atoms with Crippen LogP contribution in [0.5, 0.6) is 0 Å². The number of carbonyl (C=O) groups is 3. The van der Waals surface area contributed by atoms with Crippen LogP contribution in [0.25, 0.3) is 0 Å². The second-order valence-corrected chi connectivity index (χ2v) is 6.96. The van der Waals surface area contributed by atoms with Crippen LogP contribution in [-0.2, 0) is 9.59 Å². The molecule has 7 heteroatoms. The molecule has 128 valence electrons. The largest absolute Gasteiger partial charge is 0.339 e. The van der Waals surface area contributed by atoms with E-state index in [1.54, 1.807) is 16.7 Å². The summed E-state index contributed by atoms with van der Waals surface area (Å²) in [5, 5.41) is 5.77. The van der Waals surface area contributed by atoms with Crippen LogP contribution in [-0.4, -0.2) is 66.4 Å². The van der Waals surface area contributed by atoms with E-state index < -0.39 is 0 Å². The molecule has 3 aliphatic rings. The fraction of sp³-hybridized carbons (Fsp3) is 0.812. The highest BCUT2D eigenvalue weighted by Crippen LogP contribution is 2.51. The number of hydrogen-bond acceptors (Lipinski definition) is 3. The van der Waals surface area contributed by atoms with Crippen molar-refractivity contribution in [3.05, 3.63) is 0 Å². The van der Waals surface area contributed by atoms with Gasteiger partial charge in [-0.05, 0) is 31.1 Å². The van der Waals surface area contributed by atoms with Gasteiger partial charge in [-0.1, -0.05) is 0 Å². The summed E-state index contributed by atoms with van der Waals surface area (Å²) in [4.78, 5) is 38.7. The number of nitrogens with one attached hydrogen (secondary N) is 2. The Balaban J connectivity index is 1.28. The van der Waals surface area contributed by atoms with Crippen molar-refractivity contribution in [2.45, 2.75) is 38.6 Å². The lowest BCUT2D eigenvalue weighted by Crippen LogP contribution is -2.50. The van der Waals surface area contributed by atoms with Crippen molar-refractivity contribution in [1.29, 1.82) is 0 Å². The Hall–Kier alpha value is -1.79. The number of nitrogens with zero attached hydrogens (tertiary/aromatic N) is 2. The van der Waals surface area contributed by atoms with E-state index in [2.05, 4.69) is 10.6 Å². The Bertz CT molecular complexity index is 478. The molecule has 3 fully saturated rings. The van der Waals surface area contributed by atoms with E-state index in [1.165, 1.54) is 6.42 Å². The Kier molecular flexibility index (Phi) is 4.73. The lowest BCUT2D eigenvalue weighted by Gasteiger charge is -2.34. The molecule has 2 aliphatic carbocycles. The maximum absolute atomic E-state index is 12.1. The van der Waals surface area contributed by atoms with Gasteiger partial charge in [0.05, 0.1) is 0 Å². The van der Waals surface area contributed by atoms with Crippen molar-refractivity contribution in [2.24, 2.45) is 11.8 Å². The Morgan fingerprint density at radius 2 is 1.57 bits per heavy atom. The lowest BCUT2D eigenvalue weighted by atomic mass is 10.2. The molecule has 1 heterocycles. The highest BCUT2D eigenvalue weighted by molar-refractivity contribution is 5.79. The van der Waals surface area contributed by atoms with Crippen molar-refractivity contribution in [2.75, 3.05) is 32.7 Å². The van der Waals surface area contributed by atoms with Gasteiger partial charge in [-0.25, -0.2) is 4.79 Å². The van der Waals surface area contributed by atoms with Crippen LogP contribution in [0, 0.1) is 11.8 Å². The molecule has 1 aliphatic heterocycles. The van der Waals surface area contributed by atoms with Crippen molar-refractivity contribution in [3.8, 4) is 0 Å². The first-order chi connectivity index (χ1) is 11.0. The number of fused-ring (bicyclic) bond motifs is 1. The zero-order valence-electron chi connectivity index (χ0n) is 13.7. The van der Waals surface area contributed by atoms with Gasteiger partial charge in [-0.15, -0.1) is 0 Å². The number of amides is 4. The summed E-state index contributed by atoms with van der Waals surface area (Å²) in [6.45, 7) is 4.26. The SMILES string of the molecule is CC(=O)N1CCN(C(=O)CCNC(=O)NC2CC3CC3C2)CC1. The van der Waals surface area contributed by atoms with E-state index in [0.29, 0.717) is 45.2 Å². The minimum absolute atomic E-state index is 0.0376. The summed E-state index contributed by atoms with van der Waals surface area (Å²) >= 11 is 0. The minimum atomic E-state index is -0.162. The normalized spacial score (nSPS) is 29.0. The topological polar surface area (TPSA) is 81.8 Å². The van der Waals surface area contributed by atoms with E-state index in [-0.39, 0.29) is 17.8 Å². The predicted molar refractivity (Wildman–Crippen MR) is 84.6 cm³/mol. The van der Waals surface area contributed by atoms with Crippen molar-refractivity contribution in [1.82, 2.24) is 20.4 Å². The van der Waals surface area contributed by atoms with E-state index >= 15 is 0 Å². The molecular weight excluding hydrogens is 296 g/mol. The molecule has 1 saturated heterocycles. The van der Waals surface area contributed by atoms with E-state index in [4.69, 9.17) is 0 Å². The summed E-state index contributed by atoms with van der Waals surface area (Å²) in [7, 11) is 0. The summed E-state index contributed by atoms with van der Waals surface area (Å²) in [6, 6.07) is 0.152. The number of rotatable bonds is 4. The first kappa shape index (κ1) is 16.1. The fourth-order valence-corrected chi connectivity index (χ4v) is 3.78. The zero-order valence-corrected chi connectivity index (χ0v) is 13.7. The van der Waals surface area contributed by atoms with Crippen molar-refractivity contribution in [3.63, 3.8) is 0 Å². The average Bonchev–Trinajstić information content (AvgIpc) is 3.14. The van der Waals surface area contributed by atoms with Crippen LogP contribution in [0.4, 0.5) is 4.79 Å². The molecule has 0 bridgehead atoms. The molecule has 3 rings (SSSR count). The smallest absolute Gasteiger partial charge is 0.315 e. The van der Waals surface area contributed by atoms with Gasteiger partial charge < -0.3 is 20.4 Å². The molecule has 4 amide bonds. The van der Waals surface area contributed by atoms with Crippen LogP contribution >= 0.6 is 0 Å². The average molecular weight is 322 g/mol. The maximum Gasteiger partial charge on any atom is 0.315 e. The van der Waals surface area contributed by atoms with Crippen LogP contribution in [0.1, 0.15) is 32.6 Å². The monoisotopic (exact) mass is 322 g/mol. The molecule has 7 nitrogen and oxygen atoms in total. The standard InChI is InChI=1S/C16H26N4O3/c1-11(21)19-4-6-20(7-5-19)15(22)2-3-17-16(23)18-14-9-12-8-13(12)10-14/h12-14H,2-10H2,1H3,(H2,17,18,23). The van der Waals surface area contributed by atoms with E-state index in [9.17, 15) is 14.4 Å². The van der Waals surface area contributed by atoms with Gasteiger partial charge in [-0.3, -0.25) is 9.59 Å². The van der Waals surface area contributed by atoms with Crippen LogP contribution in [0.3, 0.4) is 0 Å². The Labute approximate surface area is 136 Å². The quantitative estimate of drug-likeness (QED) is 0.774. The van der Waals surface area contributed by atoms with Gasteiger partial charge in [0.25, 0.3) is 0 Å². The molecule has 0 radical (unpaired) electrons. The van der Waals surface area contributed by atoms with E-state index in [1.807, 2.05) is 0 Å². The van der Waals surface area contributed by atoms with Gasteiger partial charge in [0.2, 0.25) is 11.8 Å². The third kappa shape index (κ3) is 4.14. The molecule has 2 atom stereocenters. The van der Waals surface area contributed by atoms with Crippen molar-refractivity contribution < 1.29 is 14.4 Å². The van der Waals surface area contributed by atoms with Crippen LogP contribution in [0.15, 0.2) is 0 Å². The minimum Gasteiger partial charge on any atom is -0.339 e. The first-order valence-corrected chi connectivity index (χ1v) is 8.60. The molecule has 0 aromatic heterocycles. The van der Waals surface area contributed by atoms with E-state index in [0.717, 1.165) is 24.7 Å². The number of carbonyl (C=O) groups excluding carboxylic acids is 3. The van der Waals surface area contributed by atoms with Gasteiger partial charge in [-0.2, -0.15) is 0 Å². The highest BCUT2D eigenvalue weighted by Gasteiger charge is 2.46.